The van der Waals surface area contributed by atoms with Gasteiger partial charge in [-0.2, -0.15) is 13.2 Å². The van der Waals surface area contributed by atoms with Gasteiger partial charge in [-0.25, -0.2) is 4.79 Å². The number of nitrogens with one attached hydrogen (secondary N) is 3. The second-order valence-electron chi connectivity index (χ2n) is 8.71. The Labute approximate surface area is 196 Å². The molecule has 3 amide bonds. The Kier molecular flexibility index (Phi) is 8.67. The van der Waals surface area contributed by atoms with Crippen LogP contribution in [0.2, 0.25) is 0 Å². The molecule has 34 heavy (non-hydrogen) atoms. The second-order valence-corrected chi connectivity index (χ2v) is 8.71. The van der Waals surface area contributed by atoms with Crippen LogP contribution in [0.3, 0.4) is 0 Å². The minimum atomic E-state index is -4.55. The fraction of sp³-hybridized carbons (Fsp3) is 0.375. The van der Waals surface area contributed by atoms with Gasteiger partial charge >= 0.3 is 12.3 Å². The number of aryl methyl sites for hydroxylation is 1. The predicted molar refractivity (Wildman–Crippen MR) is 122 cm³/mol. The highest BCUT2D eigenvalue weighted by Gasteiger charge is 2.28. The van der Waals surface area contributed by atoms with Gasteiger partial charge in [0.05, 0.1) is 0 Å². The summed E-state index contributed by atoms with van der Waals surface area (Å²) >= 11 is 0. The molecule has 0 bridgehead atoms. The molecule has 2 rings (SSSR count). The number of ether oxygens (including phenoxy) is 1. The van der Waals surface area contributed by atoms with Crippen LogP contribution in [0.25, 0.3) is 0 Å². The van der Waals surface area contributed by atoms with Gasteiger partial charge in [0, 0.05) is 17.7 Å². The number of alkyl halides is 3. The van der Waals surface area contributed by atoms with E-state index in [0.29, 0.717) is 5.56 Å². The Bertz CT molecular complexity index is 1020. The van der Waals surface area contributed by atoms with Crippen LogP contribution in [0, 0.1) is 6.92 Å². The fourth-order valence-corrected chi connectivity index (χ4v) is 2.91. The Balaban J connectivity index is 2.21. The van der Waals surface area contributed by atoms with Crippen LogP contribution in [0.1, 0.15) is 42.3 Å². The lowest BCUT2D eigenvalue weighted by Crippen LogP contribution is -2.47. The summed E-state index contributed by atoms with van der Waals surface area (Å²) in [6, 6.07) is 12.1. The van der Waals surface area contributed by atoms with E-state index in [0.717, 1.165) is 5.56 Å². The van der Waals surface area contributed by atoms with Crippen LogP contribution < -0.4 is 16.0 Å². The minimum absolute atomic E-state index is 0.0511. The van der Waals surface area contributed by atoms with Gasteiger partial charge in [0.25, 0.3) is 5.91 Å². The molecule has 0 spiro atoms. The topological polar surface area (TPSA) is 96.5 Å². The van der Waals surface area contributed by atoms with Crippen molar-refractivity contribution in [3.05, 3.63) is 65.2 Å². The van der Waals surface area contributed by atoms with E-state index in [4.69, 9.17) is 4.74 Å². The molecule has 184 valence electrons. The average Bonchev–Trinajstić information content (AvgIpc) is 2.72. The molecule has 0 fully saturated rings. The number of carbonyl (C=O) groups excluding carboxylic acids is 3. The van der Waals surface area contributed by atoms with Crippen LogP contribution in [0.15, 0.2) is 48.5 Å². The van der Waals surface area contributed by atoms with Gasteiger partial charge < -0.3 is 20.7 Å². The van der Waals surface area contributed by atoms with Crippen LogP contribution >= 0.6 is 0 Å². The standard InChI is InChI=1S/C24H28F3N3O4/c1-15-10-11-17(20(31)28-14-24(25,26)27)13-18(15)29-21(32)19(12-16-8-6-5-7-9-16)30-22(33)34-23(2,3)4/h5-11,13,19H,12,14H2,1-4H3,(H,28,31)(H,29,32)(H,30,33). The van der Waals surface area contributed by atoms with Crippen molar-refractivity contribution in [3.63, 3.8) is 0 Å². The molecule has 0 aliphatic rings. The molecule has 3 N–H and O–H groups in total. The number of halogens is 3. The Morgan fingerprint density at radius 2 is 1.65 bits per heavy atom. The van der Waals surface area contributed by atoms with Crippen LogP contribution in [-0.2, 0) is 16.0 Å². The van der Waals surface area contributed by atoms with Crippen molar-refractivity contribution in [2.24, 2.45) is 0 Å². The molecule has 10 heteroatoms. The zero-order valence-electron chi connectivity index (χ0n) is 19.4. The molecule has 0 aromatic heterocycles. The lowest BCUT2D eigenvalue weighted by molar-refractivity contribution is -0.123. The average molecular weight is 479 g/mol. The normalized spacial score (nSPS) is 12.4. The maximum absolute atomic E-state index is 13.1. The SMILES string of the molecule is Cc1ccc(C(=O)NCC(F)(F)F)cc1NC(=O)C(Cc1ccccc1)NC(=O)OC(C)(C)C. The molecule has 7 nitrogen and oxygen atoms in total. The highest BCUT2D eigenvalue weighted by atomic mass is 19.4. The van der Waals surface area contributed by atoms with E-state index in [1.807, 2.05) is 6.07 Å². The van der Waals surface area contributed by atoms with E-state index in [-0.39, 0.29) is 17.7 Å². The molecule has 2 aromatic carbocycles. The van der Waals surface area contributed by atoms with E-state index in [1.54, 1.807) is 57.3 Å². The first-order chi connectivity index (χ1) is 15.7. The lowest BCUT2D eigenvalue weighted by atomic mass is 10.0. The van der Waals surface area contributed by atoms with E-state index in [1.165, 1.54) is 18.2 Å². The lowest BCUT2D eigenvalue weighted by Gasteiger charge is -2.24. The van der Waals surface area contributed by atoms with Crippen molar-refractivity contribution in [1.82, 2.24) is 10.6 Å². The van der Waals surface area contributed by atoms with E-state index >= 15 is 0 Å². The summed E-state index contributed by atoms with van der Waals surface area (Å²) in [7, 11) is 0. The van der Waals surface area contributed by atoms with Crippen molar-refractivity contribution in [1.29, 1.82) is 0 Å². The molecule has 0 heterocycles. The first-order valence-corrected chi connectivity index (χ1v) is 10.5. The number of alkyl carbamates (subject to hydrolysis) is 1. The number of hydrogen-bond donors (Lipinski definition) is 3. The summed E-state index contributed by atoms with van der Waals surface area (Å²) in [5.74, 6) is -1.51. The molecular formula is C24H28F3N3O4. The molecule has 0 saturated heterocycles. The molecule has 0 radical (unpaired) electrons. The van der Waals surface area contributed by atoms with Crippen molar-refractivity contribution in [2.75, 3.05) is 11.9 Å². The number of benzene rings is 2. The summed E-state index contributed by atoms with van der Waals surface area (Å²) in [5, 5.41) is 7.01. The van der Waals surface area contributed by atoms with Gasteiger partial charge in [-0.15, -0.1) is 0 Å². The fourth-order valence-electron chi connectivity index (χ4n) is 2.91. The molecule has 2 aromatic rings. The highest BCUT2D eigenvalue weighted by Crippen LogP contribution is 2.19. The molecule has 0 aliphatic carbocycles. The highest BCUT2D eigenvalue weighted by molar-refractivity contribution is 6.00. The van der Waals surface area contributed by atoms with E-state index in [9.17, 15) is 27.6 Å². The number of carbonyl (C=O) groups is 3. The smallest absolute Gasteiger partial charge is 0.408 e. The summed E-state index contributed by atoms with van der Waals surface area (Å²) in [6.45, 7) is 5.27. The maximum atomic E-state index is 13.1. The molecule has 1 unspecified atom stereocenters. The first kappa shape index (κ1) is 26.7. The van der Waals surface area contributed by atoms with Crippen molar-refractivity contribution in [3.8, 4) is 0 Å². The quantitative estimate of drug-likeness (QED) is 0.550. The van der Waals surface area contributed by atoms with E-state index < -0.39 is 42.3 Å². The summed E-state index contributed by atoms with van der Waals surface area (Å²) in [6.07, 6.45) is -5.16. The molecule has 0 aliphatic heterocycles. The van der Waals surface area contributed by atoms with Crippen molar-refractivity contribution in [2.45, 2.75) is 51.9 Å². The maximum Gasteiger partial charge on any atom is 0.408 e. The summed E-state index contributed by atoms with van der Waals surface area (Å²) in [4.78, 5) is 37.5. The van der Waals surface area contributed by atoms with Crippen molar-refractivity contribution < 1.29 is 32.3 Å². The van der Waals surface area contributed by atoms with Crippen LogP contribution in [0.4, 0.5) is 23.7 Å². The monoisotopic (exact) mass is 479 g/mol. The largest absolute Gasteiger partial charge is 0.444 e. The van der Waals surface area contributed by atoms with E-state index in [2.05, 4.69) is 10.6 Å². The predicted octanol–water partition coefficient (Wildman–Crippen LogP) is 4.36. The first-order valence-electron chi connectivity index (χ1n) is 10.5. The second kappa shape index (κ2) is 11.0. The van der Waals surface area contributed by atoms with Gasteiger partial charge in [-0.3, -0.25) is 9.59 Å². The summed E-state index contributed by atoms with van der Waals surface area (Å²) in [5.41, 5.74) is 0.776. The van der Waals surface area contributed by atoms with Gasteiger partial charge in [-0.1, -0.05) is 36.4 Å². The summed E-state index contributed by atoms with van der Waals surface area (Å²) < 4.78 is 42.5. The zero-order chi connectivity index (χ0) is 25.5. The van der Waals surface area contributed by atoms with Crippen LogP contribution in [-0.4, -0.2) is 42.3 Å². The third-order valence-corrected chi connectivity index (χ3v) is 4.50. The Morgan fingerprint density at radius 3 is 2.24 bits per heavy atom. The third kappa shape index (κ3) is 9.13. The molecule has 1 atom stereocenters. The number of amides is 3. The van der Waals surface area contributed by atoms with Gasteiger partial charge in [0.15, 0.2) is 0 Å². The molecular weight excluding hydrogens is 451 g/mol. The van der Waals surface area contributed by atoms with Crippen LogP contribution in [0.5, 0.6) is 0 Å². The number of hydrogen-bond acceptors (Lipinski definition) is 4. The van der Waals surface area contributed by atoms with Crippen molar-refractivity contribution >= 4 is 23.6 Å². The number of rotatable bonds is 7. The Hall–Kier alpha value is -3.56. The van der Waals surface area contributed by atoms with Gasteiger partial charge in [0.1, 0.15) is 18.2 Å². The third-order valence-electron chi connectivity index (χ3n) is 4.50. The minimum Gasteiger partial charge on any atom is -0.444 e. The Morgan fingerprint density at radius 1 is 1.00 bits per heavy atom. The zero-order valence-corrected chi connectivity index (χ0v) is 19.4. The van der Waals surface area contributed by atoms with Gasteiger partial charge in [-0.05, 0) is 51.0 Å². The molecule has 0 saturated carbocycles. The van der Waals surface area contributed by atoms with Gasteiger partial charge in [0.2, 0.25) is 5.91 Å². The number of anilines is 1.